The lowest BCUT2D eigenvalue weighted by atomic mass is 10.1. The van der Waals surface area contributed by atoms with E-state index in [9.17, 15) is 8.42 Å². The average molecular weight is 341 g/mol. The van der Waals surface area contributed by atoms with Gasteiger partial charge >= 0.3 is 0 Å². The van der Waals surface area contributed by atoms with Crippen molar-refractivity contribution in [1.29, 1.82) is 5.26 Å². The first kappa shape index (κ1) is 15.6. The lowest BCUT2D eigenvalue weighted by molar-refractivity contribution is 0.601. The van der Waals surface area contributed by atoms with E-state index < -0.39 is 10.0 Å². The summed E-state index contributed by atoms with van der Waals surface area (Å²) in [6.07, 6.45) is 0. The van der Waals surface area contributed by atoms with Crippen LogP contribution in [0.5, 0.6) is 0 Å². The molecule has 0 spiro atoms. The van der Waals surface area contributed by atoms with Gasteiger partial charge in [0.15, 0.2) is 0 Å². The zero-order valence-corrected chi connectivity index (χ0v) is 13.2. The van der Waals surface area contributed by atoms with Gasteiger partial charge in [-0.2, -0.15) is 5.26 Å². The van der Waals surface area contributed by atoms with Gasteiger partial charge in [-0.1, -0.05) is 23.2 Å². The normalized spacial score (nSPS) is 11.0. The summed E-state index contributed by atoms with van der Waals surface area (Å²) in [4.78, 5) is 0.0741. The highest BCUT2D eigenvalue weighted by Crippen LogP contribution is 2.26. The maximum absolute atomic E-state index is 12.3. The highest BCUT2D eigenvalue weighted by Gasteiger charge is 2.16. The summed E-state index contributed by atoms with van der Waals surface area (Å²) in [7, 11) is -3.75. The van der Waals surface area contributed by atoms with Crippen molar-refractivity contribution in [2.24, 2.45) is 0 Å². The predicted octanol–water partition coefficient (Wildman–Crippen LogP) is 3.97. The molecule has 0 unspecified atom stereocenters. The van der Waals surface area contributed by atoms with Crippen molar-refractivity contribution in [1.82, 2.24) is 0 Å². The fraction of sp³-hybridized carbons (Fsp3) is 0.0714. The molecule has 0 bridgehead atoms. The predicted molar refractivity (Wildman–Crippen MR) is 83.2 cm³/mol. The molecule has 1 N–H and O–H groups in total. The number of aryl methyl sites for hydroxylation is 1. The second-order valence-corrected chi connectivity index (χ2v) is 6.82. The van der Waals surface area contributed by atoms with Crippen LogP contribution in [0.3, 0.4) is 0 Å². The fourth-order valence-electron chi connectivity index (χ4n) is 1.70. The van der Waals surface area contributed by atoms with Crippen LogP contribution in [0, 0.1) is 18.3 Å². The van der Waals surface area contributed by atoms with E-state index in [0.29, 0.717) is 21.8 Å². The lowest BCUT2D eigenvalue weighted by Gasteiger charge is -2.10. The number of nitriles is 1. The van der Waals surface area contributed by atoms with Crippen molar-refractivity contribution in [3.05, 3.63) is 57.6 Å². The molecule has 4 nitrogen and oxygen atoms in total. The van der Waals surface area contributed by atoms with Crippen LogP contribution in [0.25, 0.3) is 0 Å². The molecule has 0 aliphatic heterocycles. The number of benzene rings is 2. The molecule has 2 aromatic carbocycles. The molecule has 0 radical (unpaired) electrons. The maximum atomic E-state index is 12.3. The first-order valence-corrected chi connectivity index (χ1v) is 8.06. The van der Waals surface area contributed by atoms with Crippen LogP contribution in [0.15, 0.2) is 41.3 Å². The Hall–Kier alpha value is -1.74. The third-order valence-corrected chi connectivity index (χ3v) is 4.92. The fourth-order valence-corrected chi connectivity index (χ4v) is 3.13. The first-order chi connectivity index (χ1) is 9.83. The van der Waals surface area contributed by atoms with E-state index in [-0.39, 0.29) is 9.92 Å². The molecule has 0 heterocycles. The molecule has 0 saturated heterocycles. The van der Waals surface area contributed by atoms with Gasteiger partial charge in [0.25, 0.3) is 10.0 Å². The van der Waals surface area contributed by atoms with Gasteiger partial charge in [-0.15, -0.1) is 0 Å². The largest absolute Gasteiger partial charge is 0.280 e. The van der Waals surface area contributed by atoms with Gasteiger partial charge in [0, 0.05) is 0 Å². The molecule has 21 heavy (non-hydrogen) atoms. The Labute approximate surface area is 133 Å². The lowest BCUT2D eigenvalue weighted by Crippen LogP contribution is -2.13. The van der Waals surface area contributed by atoms with Crippen LogP contribution in [0.4, 0.5) is 5.69 Å². The molecule has 2 aromatic rings. The van der Waals surface area contributed by atoms with Gasteiger partial charge in [-0.3, -0.25) is 4.72 Å². The molecule has 0 aliphatic carbocycles. The average Bonchev–Trinajstić information content (AvgIpc) is 2.42. The Bertz CT molecular complexity index is 843. The second-order valence-electron chi connectivity index (χ2n) is 4.32. The molecule has 0 fully saturated rings. The summed E-state index contributed by atoms with van der Waals surface area (Å²) in [6, 6.07) is 10.7. The van der Waals surface area contributed by atoms with Crippen molar-refractivity contribution >= 4 is 38.9 Å². The van der Waals surface area contributed by atoms with E-state index in [1.807, 2.05) is 6.07 Å². The standard InChI is InChI=1S/C14H10Cl2N2O2S/c1-9-6-12(4-2-10(9)8-17)21(19,20)18-11-3-5-13(15)14(16)7-11/h2-7,18H,1H3. The Morgan fingerprint density at radius 2 is 1.81 bits per heavy atom. The van der Waals surface area contributed by atoms with E-state index in [1.165, 1.54) is 36.4 Å². The summed E-state index contributed by atoms with van der Waals surface area (Å²) < 4.78 is 27.0. The van der Waals surface area contributed by atoms with Gasteiger partial charge in [0.05, 0.1) is 32.3 Å². The zero-order chi connectivity index (χ0) is 15.6. The molecule has 108 valence electrons. The molecular weight excluding hydrogens is 331 g/mol. The number of hydrogen-bond donors (Lipinski definition) is 1. The topological polar surface area (TPSA) is 70.0 Å². The molecule has 7 heteroatoms. The smallest absolute Gasteiger partial charge is 0.261 e. The molecule has 0 amide bonds. The number of halogens is 2. The quantitative estimate of drug-likeness (QED) is 0.918. The number of rotatable bonds is 3. The van der Waals surface area contributed by atoms with E-state index in [1.54, 1.807) is 6.92 Å². The molecule has 0 aliphatic rings. The van der Waals surface area contributed by atoms with Gasteiger partial charge in [0.1, 0.15) is 0 Å². The molecule has 0 atom stereocenters. The Morgan fingerprint density at radius 3 is 2.38 bits per heavy atom. The summed E-state index contributed by atoms with van der Waals surface area (Å²) in [5, 5.41) is 9.46. The highest BCUT2D eigenvalue weighted by molar-refractivity contribution is 7.92. The van der Waals surface area contributed by atoms with Crippen LogP contribution >= 0.6 is 23.2 Å². The summed E-state index contributed by atoms with van der Waals surface area (Å²) in [5.41, 5.74) is 1.34. The van der Waals surface area contributed by atoms with E-state index in [4.69, 9.17) is 28.5 Å². The summed E-state index contributed by atoms with van der Waals surface area (Å²) in [5.74, 6) is 0. The van der Waals surface area contributed by atoms with Crippen LogP contribution in [0.1, 0.15) is 11.1 Å². The number of anilines is 1. The Kier molecular flexibility index (Phi) is 4.43. The number of nitrogens with zero attached hydrogens (tertiary/aromatic N) is 1. The van der Waals surface area contributed by atoms with Crippen LogP contribution in [-0.4, -0.2) is 8.42 Å². The third-order valence-electron chi connectivity index (χ3n) is 2.80. The summed E-state index contributed by atoms with van der Waals surface area (Å²) in [6.45, 7) is 1.68. The monoisotopic (exact) mass is 340 g/mol. The Morgan fingerprint density at radius 1 is 1.10 bits per heavy atom. The van der Waals surface area contributed by atoms with Crippen molar-refractivity contribution in [2.45, 2.75) is 11.8 Å². The second kappa shape index (κ2) is 5.94. The van der Waals surface area contributed by atoms with E-state index >= 15 is 0 Å². The van der Waals surface area contributed by atoms with Crippen LogP contribution < -0.4 is 4.72 Å². The van der Waals surface area contributed by atoms with Gasteiger partial charge in [-0.25, -0.2) is 8.42 Å². The SMILES string of the molecule is Cc1cc(S(=O)(=O)Nc2ccc(Cl)c(Cl)c2)ccc1C#N. The Balaban J connectivity index is 2.36. The number of sulfonamides is 1. The number of nitrogens with one attached hydrogen (secondary N) is 1. The maximum Gasteiger partial charge on any atom is 0.261 e. The van der Waals surface area contributed by atoms with Crippen LogP contribution in [0.2, 0.25) is 10.0 Å². The van der Waals surface area contributed by atoms with Crippen molar-refractivity contribution in [3.63, 3.8) is 0 Å². The molecule has 0 saturated carbocycles. The first-order valence-electron chi connectivity index (χ1n) is 5.82. The van der Waals surface area contributed by atoms with Gasteiger partial charge in [0.2, 0.25) is 0 Å². The summed E-state index contributed by atoms with van der Waals surface area (Å²) >= 11 is 11.6. The van der Waals surface area contributed by atoms with Crippen molar-refractivity contribution in [3.8, 4) is 6.07 Å². The highest BCUT2D eigenvalue weighted by atomic mass is 35.5. The minimum Gasteiger partial charge on any atom is -0.280 e. The molecule has 0 aromatic heterocycles. The van der Waals surface area contributed by atoms with E-state index in [2.05, 4.69) is 4.72 Å². The minimum atomic E-state index is -3.75. The molecule has 2 rings (SSSR count). The zero-order valence-electron chi connectivity index (χ0n) is 10.9. The van der Waals surface area contributed by atoms with Crippen LogP contribution in [-0.2, 0) is 10.0 Å². The molecular formula is C14H10Cl2N2O2S. The van der Waals surface area contributed by atoms with Gasteiger partial charge in [-0.05, 0) is 48.9 Å². The van der Waals surface area contributed by atoms with Crippen molar-refractivity contribution < 1.29 is 8.42 Å². The van der Waals surface area contributed by atoms with Crippen molar-refractivity contribution in [2.75, 3.05) is 4.72 Å². The minimum absolute atomic E-state index is 0.0741. The number of hydrogen-bond acceptors (Lipinski definition) is 3. The third kappa shape index (κ3) is 3.48. The van der Waals surface area contributed by atoms with Gasteiger partial charge < -0.3 is 0 Å². The van der Waals surface area contributed by atoms with E-state index in [0.717, 1.165) is 0 Å².